The summed E-state index contributed by atoms with van der Waals surface area (Å²) in [5.74, 6) is 0.667. The van der Waals surface area contributed by atoms with Crippen molar-refractivity contribution in [3.8, 4) is 23.0 Å². The van der Waals surface area contributed by atoms with Crippen molar-refractivity contribution in [2.75, 3.05) is 39.5 Å². The quantitative estimate of drug-likeness (QED) is 0.485. The van der Waals surface area contributed by atoms with Gasteiger partial charge in [-0.3, -0.25) is 9.29 Å². The minimum Gasteiger partial charge on any atom is -0.508 e. The van der Waals surface area contributed by atoms with Crippen molar-refractivity contribution in [1.82, 2.24) is 4.90 Å². The van der Waals surface area contributed by atoms with Crippen molar-refractivity contribution in [1.29, 1.82) is 0 Å². The van der Waals surface area contributed by atoms with Gasteiger partial charge in [-0.1, -0.05) is 30.3 Å². The lowest BCUT2D eigenvalue weighted by atomic mass is 9.93. The summed E-state index contributed by atoms with van der Waals surface area (Å²) < 4.78 is 36.6. The Morgan fingerprint density at radius 3 is 2.51 bits per heavy atom. The highest BCUT2D eigenvalue weighted by molar-refractivity contribution is 5.94. The molecular weight excluding hydrogens is 452 g/mol. The Hall–Kier alpha value is -3.58. The number of para-hydroxylation sites is 1. The van der Waals surface area contributed by atoms with Crippen LogP contribution in [0.5, 0.6) is 23.0 Å². The molecule has 184 valence electrons. The number of halogens is 2. The van der Waals surface area contributed by atoms with Crippen LogP contribution in [0.2, 0.25) is 0 Å². The molecule has 0 bridgehead atoms. The molecule has 2 aliphatic rings. The maximum absolute atomic E-state index is 13.3. The fourth-order valence-electron chi connectivity index (χ4n) is 4.14. The molecule has 0 unspecified atom stereocenters. The highest BCUT2D eigenvalue weighted by atomic mass is 19.1. The topological polar surface area (TPSA) is 62.2 Å². The maximum atomic E-state index is 13.3. The fraction of sp³-hybridized carbons (Fsp3) is 0.286. The van der Waals surface area contributed by atoms with Crippen LogP contribution in [0, 0.1) is 11.7 Å². The molecule has 0 aromatic heterocycles. The van der Waals surface area contributed by atoms with E-state index < -0.39 is 11.6 Å². The van der Waals surface area contributed by atoms with E-state index in [9.17, 15) is 19.0 Å². The Labute approximate surface area is 203 Å². The summed E-state index contributed by atoms with van der Waals surface area (Å²) in [5.41, 5.74) is 3.30. The average Bonchev–Trinajstić information content (AvgIpc) is 2.83. The molecule has 3 aromatic carbocycles. The van der Waals surface area contributed by atoms with Gasteiger partial charge in [0.25, 0.3) is 0 Å². The van der Waals surface area contributed by atoms with E-state index >= 15 is 0 Å². The Morgan fingerprint density at radius 2 is 1.80 bits per heavy atom. The van der Waals surface area contributed by atoms with E-state index in [1.54, 1.807) is 18.2 Å². The number of allylic oxidation sites excluding steroid dienone is 1. The first-order valence-electron chi connectivity index (χ1n) is 11.6. The predicted octanol–water partition coefficient (Wildman–Crippen LogP) is 5.53. The molecule has 2 N–H and O–H groups in total. The summed E-state index contributed by atoms with van der Waals surface area (Å²) in [6, 6.07) is 19.2. The maximum Gasteiger partial charge on any atom is 0.168 e. The number of phenolic OH excluding ortho intramolecular Hbond substituents is 2. The van der Waals surface area contributed by atoms with Crippen LogP contribution in [0.15, 0.2) is 66.7 Å². The summed E-state index contributed by atoms with van der Waals surface area (Å²) in [6.45, 7) is 5.35. The van der Waals surface area contributed by atoms with E-state index in [-0.39, 0.29) is 18.3 Å². The number of likely N-dealkylation sites (tertiary alicyclic amines) is 1. The number of rotatable bonds is 6. The Balaban J connectivity index is 0.000000172. The van der Waals surface area contributed by atoms with Crippen LogP contribution >= 0.6 is 0 Å². The van der Waals surface area contributed by atoms with Crippen molar-refractivity contribution in [3.63, 3.8) is 0 Å². The van der Waals surface area contributed by atoms with Crippen LogP contribution in [-0.4, -0.2) is 54.6 Å². The number of phenols is 2. The van der Waals surface area contributed by atoms with E-state index in [1.165, 1.54) is 12.1 Å². The number of nitrogens with zero attached hydrogens (tertiary/aromatic N) is 1. The van der Waals surface area contributed by atoms with Gasteiger partial charge in [0.2, 0.25) is 0 Å². The Morgan fingerprint density at radius 1 is 1.03 bits per heavy atom. The van der Waals surface area contributed by atoms with Crippen LogP contribution in [0.3, 0.4) is 0 Å². The highest BCUT2D eigenvalue weighted by Crippen LogP contribution is 2.40. The van der Waals surface area contributed by atoms with Crippen molar-refractivity contribution >= 4 is 11.1 Å². The van der Waals surface area contributed by atoms with Gasteiger partial charge in [-0.05, 0) is 48.4 Å². The molecule has 5 nitrogen and oxygen atoms in total. The molecule has 0 saturated carbocycles. The van der Waals surface area contributed by atoms with Gasteiger partial charge >= 0.3 is 0 Å². The summed E-state index contributed by atoms with van der Waals surface area (Å²) in [7, 11) is 0. The van der Waals surface area contributed by atoms with Crippen molar-refractivity contribution in [3.05, 3.63) is 83.7 Å². The first-order chi connectivity index (χ1) is 16.9. The number of benzene rings is 3. The third-order valence-electron chi connectivity index (χ3n) is 6.14. The van der Waals surface area contributed by atoms with E-state index in [0.29, 0.717) is 24.5 Å². The lowest BCUT2D eigenvalue weighted by molar-refractivity contribution is 0.0668. The van der Waals surface area contributed by atoms with Crippen molar-refractivity contribution < 1.29 is 28.5 Å². The second-order valence-electron chi connectivity index (χ2n) is 8.68. The molecule has 0 atom stereocenters. The molecule has 7 heteroatoms. The molecule has 2 aliphatic heterocycles. The van der Waals surface area contributed by atoms with Gasteiger partial charge in [0.1, 0.15) is 30.5 Å². The number of ether oxygens (including phenoxy) is 2. The van der Waals surface area contributed by atoms with E-state index in [1.807, 2.05) is 43.3 Å². The van der Waals surface area contributed by atoms with Gasteiger partial charge < -0.3 is 19.7 Å². The smallest absolute Gasteiger partial charge is 0.168 e. The zero-order valence-corrected chi connectivity index (χ0v) is 19.6. The Bertz CT molecular complexity index is 1180. The molecule has 1 fully saturated rings. The lowest BCUT2D eigenvalue weighted by Gasteiger charge is -2.37. The monoisotopic (exact) mass is 481 g/mol. The fourth-order valence-corrected chi connectivity index (χ4v) is 4.14. The average molecular weight is 482 g/mol. The van der Waals surface area contributed by atoms with E-state index in [2.05, 4.69) is 4.90 Å². The third kappa shape index (κ3) is 6.11. The molecule has 0 spiro atoms. The molecular formula is C28H29F2NO4. The van der Waals surface area contributed by atoms with Gasteiger partial charge in [-0.25, -0.2) is 4.39 Å². The summed E-state index contributed by atoms with van der Waals surface area (Å²) >= 11 is 0. The van der Waals surface area contributed by atoms with Crippen LogP contribution < -0.4 is 9.47 Å². The second kappa shape index (κ2) is 11.2. The normalized spacial score (nSPS) is 15.4. The van der Waals surface area contributed by atoms with Crippen LogP contribution in [-0.2, 0) is 0 Å². The zero-order chi connectivity index (χ0) is 24.8. The van der Waals surface area contributed by atoms with Gasteiger partial charge in [-0.2, -0.15) is 0 Å². The number of alkyl halides is 1. The molecule has 5 rings (SSSR count). The minimum absolute atomic E-state index is 0.176. The minimum atomic E-state index is -0.697. The first-order valence-corrected chi connectivity index (χ1v) is 11.6. The highest BCUT2D eigenvalue weighted by Gasteiger charge is 2.25. The second-order valence-corrected chi connectivity index (χ2v) is 8.68. The zero-order valence-electron chi connectivity index (χ0n) is 19.6. The predicted molar refractivity (Wildman–Crippen MR) is 132 cm³/mol. The molecule has 0 amide bonds. The standard InChI is InChI=1S/C16H13FO3.C12H16FNO/c1-9-12-6-15(19)14(17)7-16(12)20-8-13(9)10-3-2-4-11(18)5-10;13-8-11-9-14(10-11)6-7-15-12-4-2-1-3-5-12/h2-7,18-19H,8H2,1H3;1-5,11H,6-10H2. The SMILES string of the molecule is CC1=C(c2cccc(O)c2)COc2cc(F)c(O)cc21.FCC1CN(CCOc2ccccc2)C1. The van der Waals surface area contributed by atoms with E-state index in [4.69, 9.17) is 9.47 Å². The van der Waals surface area contributed by atoms with Gasteiger partial charge in [0, 0.05) is 42.8 Å². The van der Waals surface area contributed by atoms with Gasteiger partial charge in [0.05, 0.1) is 6.67 Å². The summed E-state index contributed by atoms with van der Waals surface area (Å²) in [4.78, 5) is 2.22. The van der Waals surface area contributed by atoms with Crippen molar-refractivity contribution in [2.24, 2.45) is 5.92 Å². The van der Waals surface area contributed by atoms with Crippen LogP contribution in [0.1, 0.15) is 18.1 Å². The summed E-state index contributed by atoms with van der Waals surface area (Å²) in [6.07, 6.45) is 0. The molecule has 3 aromatic rings. The largest absolute Gasteiger partial charge is 0.508 e. The number of hydrogen-bond acceptors (Lipinski definition) is 5. The van der Waals surface area contributed by atoms with Crippen molar-refractivity contribution in [2.45, 2.75) is 6.92 Å². The molecule has 0 radical (unpaired) electrons. The first kappa shape index (κ1) is 24.5. The molecule has 2 heterocycles. The van der Waals surface area contributed by atoms with Crippen LogP contribution in [0.4, 0.5) is 8.78 Å². The molecule has 0 aliphatic carbocycles. The van der Waals surface area contributed by atoms with E-state index in [0.717, 1.165) is 42.1 Å². The number of aromatic hydroxyl groups is 2. The van der Waals surface area contributed by atoms with Gasteiger partial charge in [-0.15, -0.1) is 0 Å². The Kier molecular flexibility index (Phi) is 7.87. The van der Waals surface area contributed by atoms with Crippen LogP contribution in [0.25, 0.3) is 11.1 Å². The molecule has 1 saturated heterocycles. The summed E-state index contributed by atoms with van der Waals surface area (Å²) in [5, 5.41) is 19.1. The lowest BCUT2D eigenvalue weighted by Crippen LogP contribution is -2.49. The van der Waals surface area contributed by atoms with Gasteiger partial charge in [0.15, 0.2) is 11.6 Å². The number of hydrogen-bond donors (Lipinski definition) is 2. The third-order valence-corrected chi connectivity index (χ3v) is 6.14. The number of fused-ring (bicyclic) bond motifs is 1. The molecule has 35 heavy (non-hydrogen) atoms.